The summed E-state index contributed by atoms with van der Waals surface area (Å²) in [6.45, 7) is 3.95. The summed E-state index contributed by atoms with van der Waals surface area (Å²) in [6, 6.07) is 0. The lowest BCUT2D eigenvalue weighted by molar-refractivity contribution is 0.0206. The van der Waals surface area contributed by atoms with Crippen LogP contribution in [-0.4, -0.2) is 39.8 Å². The van der Waals surface area contributed by atoms with Crippen LogP contribution < -0.4 is 5.32 Å². The molecule has 6 heteroatoms. The summed E-state index contributed by atoms with van der Waals surface area (Å²) < 4.78 is 5.64. The monoisotopic (exact) mass is 251 g/mol. The molecule has 0 aliphatic carbocycles. The molecule has 1 unspecified atom stereocenters. The van der Waals surface area contributed by atoms with Crippen molar-refractivity contribution in [1.82, 2.24) is 15.3 Å². The van der Waals surface area contributed by atoms with Gasteiger partial charge in [0, 0.05) is 25.9 Å². The van der Waals surface area contributed by atoms with Gasteiger partial charge < -0.3 is 15.2 Å². The Morgan fingerprint density at radius 3 is 3.17 bits per heavy atom. The Labute approximate surface area is 105 Å². The Morgan fingerprint density at radius 2 is 2.50 bits per heavy atom. The first-order valence-corrected chi connectivity index (χ1v) is 5.98. The van der Waals surface area contributed by atoms with Crippen LogP contribution in [0.1, 0.15) is 35.8 Å². The lowest BCUT2D eigenvalue weighted by Crippen LogP contribution is -2.37. The molecule has 1 aromatic rings. The fourth-order valence-corrected chi connectivity index (χ4v) is 2.10. The van der Waals surface area contributed by atoms with E-state index in [-0.39, 0.29) is 11.2 Å². The molecule has 1 atom stereocenters. The third-order valence-electron chi connectivity index (χ3n) is 3.12. The van der Waals surface area contributed by atoms with Crippen molar-refractivity contribution in [2.45, 2.75) is 31.9 Å². The van der Waals surface area contributed by atoms with Crippen LogP contribution in [0, 0.1) is 0 Å². The summed E-state index contributed by atoms with van der Waals surface area (Å²) in [7, 11) is 0. The Bertz CT molecular complexity index is 430. The van der Waals surface area contributed by atoms with Crippen LogP contribution in [0.3, 0.4) is 0 Å². The molecule has 1 aliphatic heterocycles. The lowest BCUT2D eigenvalue weighted by Gasteiger charge is -2.23. The number of rotatable bonds is 5. The number of ether oxygens (including phenoxy) is 1. The van der Waals surface area contributed by atoms with Crippen molar-refractivity contribution in [3.8, 4) is 0 Å². The highest BCUT2D eigenvalue weighted by Crippen LogP contribution is 2.23. The zero-order valence-electron chi connectivity index (χ0n) is 10.3. The summed E-state index contributed by atoms with van der Waals surface area (Å²) in [4.78, 5) is 18.7. The highest BCUT2D eigenvalue weighted by atomic mass is 16.5. The van der Waals surface area contributed by atoms with E-state index in [4.69, 9.17) is 9.84 Å². The topological polar surface area (TPSA) is 84.3 Å². The second-order valence-electron chi connectivity index (χ2n) is 4.69. The first-order valence-electron chi connectivity index (χ1n) is 5.98. The van der Waals surface area contributed by atoms with Crippen molar-refractivity contribution in [3.05, 3.63) is 23.8 Å². The van der Waals surface area contributed by atoms with Crippen LogP contribution in [0.5, 0.6) is 0 Å². The maximum atomic E-state index is 11.0. The normalized spacial score (nSPS) is 23.2. The standard InChI is InChI=1S/C12H17N3O3/c1-12(3-2-4-18-12)7-13-6-10-9(11(16)17)5-14-8-15-10/h5,8,13H,2-4,6-7H2,1H3,(H,16,17). The Hall–Kier alpha value is -1.53. The minimum atomic E-state index is -1.00. The summed E-state index contributed by atoms with van der Waals surface area (Å²) in [6.07, 6.45) is 4.78. The van der Waals surface area contributed by atoms with Crippen molar-refractivity contribution >= 4 is 5.97 Å². The molecule has 6 nitrogen and oxygen atoms in total. The maximum Gasteiger partial charge on any atom is 0.339 e. The van der Waals surface area contributed by atoms with Crippen LogP contribution >= 0.6 is 0 Å². The SMILES string of the molecule is CC1(CNCc2ncncc2C(=O)O)CCCO1. The molecule has 1 saturated heterocycles. The quantitative estimate of drug-likeness (QED) is 0.806. The van der Waals surface area contributed by atoms with E-state index < -0.39 is 5.97 Å². The Morgan fingerprint density at radius 1 is 1.67 bits per heavy atom. The van der Waals surface area contributed by atoms with E-state index in [1.807, 2.05) is 0 Å². The molecular weight excluding hydrogens is 234 g/mol. The molecule has 2 N–H and O–H groups in total. The van der Waals surface area contributed by atoms with Gasteiger partial charge in [-0.15, -0.1) is 0 Å². The highest BCUT2D eigenvalue weighted by molar-refractivity contribution is 5.88. The van der Waals surface area contributed by atoms with Crippen molar-refractivity contribution in [2.24, 2.45) is 0 Å². The van der Waals surface area contributed by atoms with Gasteiger partial charge in [0.2, 0.25) is 0 Å². The summed E-state index contributed by atoms with van der Waals surface area (Å²) in [5.41, 5.74) is 0.498. The first kappa shape index (κ1) is 12.9. The van der Waals surface area contributed by atoms with E-state index in [0.717, 1.165) is 19.4 Å². The molecular formula is C12H17N3O3. The molecule has 1 aliphatic rings. The number of carboxylic acid groups (broad SMARTS) is 1. The number of carbonyl (C=O) groups is 1. The first-order chi connectivity index (χ1) is 8.61. The third-order valence-corrected chi connectivity index (χ3v) is 3.12. The minimum absolute atomic E-state index is 0.141. The van der Waals surface area contributed by atoms with Gasteiger partial charge in [-0.1, -0.05) is 0 Å². The summed E-state index contributed by atoms with van der Waals surface area (Å²) >= 11 is 0. The zero-order valence-corrected chi connectivity index (χ0v) is 10.3. The van der Waals surface area contributed by atoms with Crippen LogP contribution in [-0.2, 0) is 11.3 Å². The van der Waals surface area contributed by atoms with E-state index in [1.165, 1.54) is 12.5 Å². The van der Waals surface area contributed by atoms with E-state index in [2.05, 4.69) is 22.2 Å². The van der Waals surface area contributed by atoms with Gasteiger partial charge >= 0.3 is 5.97 Å². The summed E-state index contributed by atoms with van der Waals surface area (Å²) in [5, 5.41) is 12.2. The van der Waals surface area contributed by atoms with Crippen molar-refractivity contribution in [2.75, 3.05) is 13.2 Å². The van der Waals surface area contributed by atoms with Crippen molar-refractivity contribution < 1.29 is 14.6 Å². The smallest absolute Gasteiger partial charge is 0.339 e. The van der Waals surface area contributed by atoms with E-state index in [1.54, 1.807) is 0 Å². The number of hydrogen-bond donors (Lipinski definition) is 2. The van der Waals surface area contributed by atoms with Gasteiger partial charge in [0.25, 0.3) is 0 Å². The third kappa shape index (κ3) is 3.02. The number of aromatic nitrogens is 2. The Kier molecular flexibility index (Phi) is 3.88. The van der Waals surface area contributed by atoms with Gasteiger partial charge in [-0.25, -0.2) is 14.8 Å². The largest absolute Gasteiger partial charge is 0.478 e. The Balaban J connectivity index is 1.92. The number of nitrogens with one attached hydrogen (secondary N) is 1. The average Bonchev–Trinajstić information content (AvgIpc) is 2.77. The fourth-order valence-electron chi connectivity index (χ4n) is 2.10. The molecule has 0 radical (unpaired) electrons. The molecule has 1 aromatic heterocycles. The molecule has 0 spiro atoms. The van der Waals surface area contributed by atoms with Crippen LogP contribution in [0.2, 0.25) is 0 Å². The highest BCUT2D eigenvalue weighted by Gasteiger charge is 2.29. The fraction of sp³-hybridized carbons (Fsp3) is 0.583. The molecule has 0 bridgehead atoms. The second kappa shape index (κ2) is 5.41. The predicted molar refractivity (Wildman–Crippen MR) is 64.3 cm³/mol. The van der Waals surface area contributed by atoms with Crippen LogP contribution in [0.4, 0.5) is 0 Å². The van der Waals surface area contributed by atoms with Gasteiger partial charge in [-0.2, -0.15) is 0 Å². The second-order valence-corrected chi connectivity index (χ2v) is 4.69. The molecule has 2 rings (SSSR count). The van der Waals surface area contributed by atoms with Crippen molar-refractivity contribution in [3.63, 3.8) is 0 Å². The lowest BCUT2D eigenvalue weighted by atomic mass is 10.0. The molecule has 0 aromatic carbocycles. The minimum Gasteiger partial charge on any atom is -0.478 e. The van der Waals surface area contributed by atoms with Gasteiger partial charge in [-0.3, -0.25) is 0 Å². The number of nitrogens with zero attached hydrogens (tertiary/aromatic N) is 2. The predicted octanol–water partition coefficient (Wildman–Crippen LogP) is 0.833. The molecule has 1 fully saturated rings. The van der Waals surface area contributed by atoms with E-state index in [0.29, 0.717) is 18.8 Å². The van der Waals surface area contributed by atoms with Gasteiger partial charge in [0.1, 0.15) is 11.9 Å². The maximum absolute atomic E-state index is 11.0. The van der Waals surface area contributed by atoms with Crippen molar-refractivity contribution in [1.29, 1.82) is 0 Å². The van der Waals surface area contributed by atoms with Crippen LogP contribution in [0.25, 0.3) is 0 Å². The molecule has 0 saturated carbocycles. The van der Waals surface area contributed by atoms with Gasteiger partial charge in [-0.05, 0) is 19.8 Å². The van der Waals surface area contributed by atoms with Gasteiger partial charge in [0.15, 0.2) is 0 Å². The van der Waals surface area contributed by atoms with E-state index in [9.17, 15) is 4.79 Å². The summed E-state index contributed by atoms with van der Waals surface area (Å²) in [5.74, 6) is -1.00. The van der Waals surface area contributed by atoms with E-state index >= 15 is 0 Å². The zero-order chi connectivity index (χ0) is 13.0. The average molecular weight is 251 g/mol. The number of hydrogen-bond acceptors (Lipinski definition) is 5. The number of aromatic carboxylic acids is 1. The molecule has 0 amide bonds. The molecule has 18 heavy (non-hydrogen) atoms. The van der Waals surface area contributed by atoms with Crippen LogP contribution in [0.15, 0.2) is 12.5 Å². The molecule has 98 valence electrons. The van der Waals surface area contributed by atoms with Gasteiger partial charge in [0.05, 0.1) is 11.3 Å². The number of carboxylic acids is 1. The molecule has 2 heterocycles.